The van der Waals surface area contributed by atoms with E-state index in [4.69, 9.17) is 4.42 Å². The van der Waals surface area contributed by atoms with Gasteiger partial charge in [0.15, 0.2) is 5.76 Å². The molecule has 0 aliphatic carbocycles. The van der Waals surface area contributed by atoms with Crippen molar-refractivity contribution in [2.45, 2.75) is 6.54 Å². The van der Waals surface area contributed by atoms with Crippen LogP contribution in [0.2, 0.25) is 0 Å². The molecule has 1 aliphatic heterocycles. The first-order valence-electron chi connectivity index (χ1n) is 8.81. The minimum atomic E-state index is -0.212. The first-order valence-corrected chi connectivity index (χ1v) is 8.81. The van der Waals surface area contributed by atoms with E-state index < -0.39 is 0 Å². The molecule has 8 heteroatoms. The van der Waals surface area contributed by atoms with E-state index in [-0.39, 0.29) is 24.0 Å². The van der Waals surface area contributed by atoms with E-state index in [2.05, 4.69) is 0 Å². The van der Waals surface area contributed by atoms with Crippen LogP contribution < -0.4 is 5.69 Å². The molecule has 3 heterocycles. The van der Waals surface area contributed by atoms with Crippen molar-refractivity contribution in [1.82, 2.24) is 18.9 Å². The summed E-state index contributed by atoms with van der Waals surface area (Å²) in [4.78, 5) is 40.9. The number of fused-ring (bicyclic) bond motifs is 1. The predicted octanol–water partition coefficient (Wildman–Crippen LogP) is 0.918. The van der Waals surface area contributed by atoms with Crippen LogP contribution in [0.5, 0.6) is 0 Å². The lowest BCUT2D eigenvalue weighted by Gasteiger charge is -2.34. The highest BCUT2D eigenvalue weighted by molar-refractivity contribution is 5.91. The fourth-order valence-electron chi connectivity index (χ4n) is 3.47. The molecule has 2 amide bonds. The molecule has 0 N–H and O–H groups in total. The molecule has 0 radical (unpaired) electrons. The van der Waals surface area contributed by atoms with E-state index in [1.165, 1.54) is 10.8 Å². The number of hydrogen-bond donors (Lipinski definition) is 0. The number of carbonyl (C=O) groups excluding carboxylic acids is 2. The second-order valence-electron chi connectivity index (χ2n) is 6.57. The minimum absolute atomic E-state index is 0.00762. The molecule has 0 unspecified atom stereocenters. The fraction of sp³-hybridized carbons (Fsp3) is 0.316. The van der Waals surface area contributed by atoms with Crippen molar-refractivity contribution in [2.24, 2.45) is 7.05 Å². The molecule has 4 rings (SSSR count). The number of imidazole rings is 1. The number of hydrogen-bond acceptors (Lipinski definition) is 4. The van der Waals surface area contributed by atoms with Crippen molar-refractivity contribution in [3.63, 3.8) is 0 Å². The lowest BCUT2D eigenvalue weighted by atomic mass is 10.2. The van der Waals surface area contributed by atoms with Crippen LogP contribution in [0.15, 0.2) is 51.9 Å². The molecule has 140 valence electrons. The summed E-state index contributed by atoms with van der Waals surface area (Å²) in [5, 5.41) is 0. The number of para-hydroxylation sites is 2. The van der Waals surface area contributed by atoms with Crippen molar-refractivity contribution in [3.05, 3.63) is 58.9 Å². The highest BCUT2D eigenvalue weighted by Gasteiger charge is 2.26. The first-order chi connectivity index (χ1) is 13.1. The zero-order valence-corrected chi connectivity index (χ0v) is 15.0. The Morgan fingerprint density at radius 2 is 1.63 bits per heavy atom. The summed E-state index contributed by atoms with van der Waals surface area (Å²) in [6.45, 7) is 1.74. The van der Waals surface area contributed by atoms with Crippen molar-refractivity contribution < 1.29 is 14.0 Å². The predicted molar refractivity (Wildman–Crippen MR) is 98.4 cm³/mol. The van der Waals surface area contributed by atoms with E-state index in [9.17, 15) is 14.4 Å². The molecule has 0 bridgehead atoms. The number of aromatic nitrogens is 2. The molecule has 1 saturated heterocycles. The molecule has 3 aromatic rings. The van der Waals surface area contributed by atoms with Crippen molar-refractivity contribution in [2.75, 3.05) is 26.2 Å². The van der Waals surface area contributed by atoms with E-state index in [0.717, 1.165) is 11.0 Å². The van der Waals surface area contributed by atoms with E-state index >= 15 is 0 Å². The summed E-state index contributed by atoms with van der Waals surface area (Å²) < 4.78 is 8.19. The Kier molecular flexibility index (Phi) is 4.31. The molecule has 1 aromatic carbocycles. The van der Waals surface area contributed by atoms with Crippen molar-refractivity contribution >= 4 is 22.8 Å². The van der Waals surface area contributed by atoms with Gasteiger partial charge in [-0.15, -0.1) is 0 Å². The van der Waals surface area contributed by atoms with Crippen LogP contribution in [0.4, 0.5) is 0 Å². The van der Waals surface area contributed by atoms with Gasteiger partial charge in [-0.3, -0.25) is 18.7 Å². The zero-order valence-electron chi connectivity index (χ0n) is 15.0. The third-order valence-corrected chi connectivity index (χ3v) is 5.00. The Bertz CT molecular complexity index is 1040. The summed E-state index contributed by atoms with van der Waals surface area (Å²) >= 11 is 0. The first kappa shape index (κ1) is 17.1. The minimum Gasteiger partial charge on any atom is -0.459 e. The van der Waals surface area contributed by atoms with Gasteiger partial charge in [-0.2, -0.15) is 0 Å². The molecule has 0 spiro atoms. The van der Waals surface area contributed by atoms with Gasteiger partial charge in [-0.25, -0.2) is 4.79 Å². The third kappa shape index (κ3) is 3.03. The Balaban J connectivity index is 1.44. The third-order valence-electron chi connectivity index (χ3n) is 5.00. The maximum Gasteiger partial charge on any atom is 0.329 e. The van der Waals surface area contributed by atoms with Gasteiger partial charge in [-0.05, 0) is 24.3 Å². The molecule has 27 heavy (non-hydrogen) atoms. The van der Waals surface area contributed by atoms with Crippen LogP contribution in [0, 0.1) is 0 Å². The highest BCUT2D eigenvalue weighted by Crippen LogP contribution is 2.13. The number of benzene rings is 1. The van der Waals surface area contributed by atoms with Gasteiger partial charge >= 0.3 is 5.69 Å². The molecule has 0 atom stereocenters. The second-order valence-corrected chi connectivity index (χ2v) is 6.57. The maximum atomic E-state index is 12.7. The summed E-state index contributed by atoms with van der Waals surface area (Å²) in [7, 11) is 1.70. The smallest absolute Gasteiger partial charge is 0.329 e. The monoisotopic (exact) mass is 368 g/mol. The molecular weight excluding hydrogens is 348 g/mol. The average molecular weight is 368 g/mol. The number of aryl methyl sites for hydroxylation is 1. The van der Waals surface area contributed by atoms with E-state index in [0.29, 0.717) is 31.9 Å². The van der Waals surface area contributed by atoms with Gasteiger partial charge in [0.25, 0.3) is 5.91 Å². The summed E-state index contributed by atoms with van der Waals surface area (Å²) in [6.07, 6.45) is 1.47. The van der Waals surface area contributed by atoms with Crippen molar-refractivity contribution in [1.29, 1.82) is 0 Å². The molecule has 8 nitrogen and oxygen atoms in total. The molecular formula is C19H20N4O4. The van der Waals surface area contributed by atoms with Crippen molar-refractivity contribution in [3.8, 4) is 0 Å². The van der Waals surface area contributed by atoms with Crippen LogP contribution in [-0.4, -0.2) is 56.9 Å². The van der Waals surface area contributed by atoms with Crippen LogP contribution in [0.1, 0.15) is 10.6 Å². The van der Waals surface area contributed by atoms with Crippen LogP contribution >= 0.6 is 0 Å². The average Bonchev–Trinajstić information content (AvgIpc) is 3.32. The standard InChI is InChI=1S/C19H20N4O4/c1-20-14-5-2-3-6-15(14)23(19(20)26)13-17(24)21-8-10-22(11-9-21)18(25)16-7-4-12-27-16/h2-7,12H,8-11,13H2,1H3. The lowest BCUT2D eigenvalue weighted by molar-refractivity contribution is -0.133. The normalized spacial score (nSPS) is 14.7. The summed E-state index contributed by atoms with van der Waals surface area (Å²) in [5.41, 5.74) is 1.32. The van der Waals surface area contributed by atoms with E-state index in [1.54, 1.807) is 33.5 Å². The van der Waals surface area contributed by atoms with E-state index in [1.807, 2.05) is 24.3 Å². The second kappa shape index (κ2) is 6.79. The SMILES string of the molecule is Cn1c(=O)n(CC(=O)N2CCN(C(=O)c3ccco3)CC2)c2ccccc21. The molecule has 0 saturated carbocycles. The summed E-state index contributed by atoms with van der Waals surface area (Å²) in [5.74, 6) is 0.00741. The Labute approximate surface area is 155 Å². The quantitative estimate of drug-likeness (QED) is 0.688. The Morgan fingerprint density at radius 1 is 0.963 bits per heavy atom. The van der Waals surface area contributed by atoms with Gasteiger partial charge in [0.05, 0.1) is 17.3 Å². The largest absolute Gasteiger partial charge is 0.459 e. The van der Waals surface area contributed by atoms with Crippen LogP contribution in [-0.2, 0) is 18.4 Å². The number of carbonyl (C=O) groups is 2. The van der Waals surface area contributed by atoms with Crippen LogP contribution in [0.3, 0.4) is 0 Å². The topological polar surface area (TPSA) is 80.7 Å². The lowest BCUT2D eigenvalue weighted by Crippen LogP contribution is -2.51. The number of piperazine rings is 1. The Morgan fingerprint density at radius 3 is 2.30 bits per heavy atom. The summed E-state index contributed by atoms with van der Waals surface area (Å²) in [6, 6.07) is 10.7. The number of rotatable bonds is 3. The zero-order chi connectivity index (χ0) is 19.0. The molecule has 1 aliphatic rings. The van der Waals surface area contributed by atoms with Gasteiger partial charge in [0.1, 0.15) is 6.54 Å². The number of amides is 2. The molecule has 1 fully saturated rings. The van der Waals surface area contributed by atoms with Crippen LogP contribution in [0.25, 0.3) is 11.0 Å². The number of nitrogens with zero attached hydrogens (tertiary/aromatic N) is 4. The van der Waals surface area contributed by atoms with Gasteiger partial charge < -0.3 is 14.2 Å². The molecule has 2 aromatic heterocycles. The Hall–Kier alpha value is -3.29. The van der Waals surface area contributed by atoms with Gasteiger partial charge in [0.2, 0.25) is 5.91 Å². The van der Waals surface area contributed by atoms with Gasteiger partial charge in [-0.1, -0.05) is 12.1 Å². The number of furan rings is 1. The fourth-order valence-corrected chi connectivity index (χ4v) is 3.47. The highest BCUT2D eigenvalue weighted by atomic mass is 16.3. The maximum absolute atomic E-state index is 12.7. The van der Waals surface area contributed by atoms with Gasteiger partial charge in [0, 0.05) is 33.2 Å².